The first-order valence-electron chi connectivity index (χ1n) is 7.57. The molecule has 0 radical (unpaired) electrons. The standard InChI is InChI=1S/C19H24N2/c1-5-10-18(6-2)20-14-17-13-15(3)21(16(17)4)19-11-8-7-9-12-19/h1,7-9,11-13,18,20H,6,10,14H2,2-4H3. The quantitative estimate of drug-likeness (QED) is 0.792. The molecule has 0 saturated carbocycles. The first kappa shape index (κ1) is 15.4. The van der Waals surface area contributed by atoms with Gasteiger partial charge in [0.15, 0.2) is 0 Å². The molecule has 0 aliphatic carbocycles. The van der Waals surface area contributed by atoms with E-state index >= 15 is 0 Å². The predicted octanol–water partition coefficient (Wildman–Crippen LogP) is 3.99. The molecule has 1 unspecified atom stereocenters. The molecule has 0 spiro atoms. The maximum atomic E-state index is 5.41. The third-order valence-electron chi connectivity index (χ3n) is 3.99. The Labute approximate surface area is 128 Å². The van der Waals surface area contributed by atoms with Gasteiger partial charge in [0, 0.05) is 36.1 Å². The van der Waals surface area contributed by atoms with E-state index in [-0.39, 0.29) is 0 Å². The second-order valence-corrected chi connectivity index (χ2v) is 5.46. The van der Waals surface area contributed by atoms with Crippen LogP contribution in [0.15, 0.2) is 36.4 Å². The minimum Gasteiger partial charge on any atom is -0.318 e. The number of para-hydroxylation sites is 1. The molecule has 0 saturated heterocycles. The number of terminal acetylenes is 1. The number of aryl methyl sites for hydroxylation is 1. The third kappa shape index (κ3) is 3.56. The Morgan fingerprint density at radius 1 is 1.24 bits per heavy atom. The Morgan fingerprint density at radius 3 is 2.57 bits per heavy atom. The van der Waals surface area contributed by atoms with Crippen molar-refractivity contribution in [3.63, 3.8) is 0 Å². The zero-order valence-corrected chi connectivity index (χ0v) is 13.2. The van der Waals surface area contributed by atoms with E-state index in [0.717, 1.165) is 19.4 Å². The summed E-state index contributed by atoms with van der Waals surface area (Å²) in [5.74, 6) is 2.74. The van der Waals surface area contributed by atoms with Crippen molar-refractivity contribution < 1.29 is 0 Å². The minimum atomic E-state index is 0.398. The Bertz CT molecular complexity index is 617. The van der Waals surface area contributed by atoms with Gasteiger partial charge in [-0.1, -0.05) is 25.1 Å². The molecule has 1 atom stereocenters. The van der Waals surface area contributed by atoms with Gasteiger partial charge in [0.2, 0.25) is 0 Å². The summed E-state index contributed by atoms with van der Waals surface area (Å²) >= 11 is 0. The lowest BCUT2D eigenvalue weighted by Gasteiger charge is -2.14. The third-order valence-corrected chi connectivity index (χ3v) is 3.99. The summed E-state index contributed by atoms with van der Waals surface area (Å²) in [6.45, 7) is 7.37. The fourth-order valence-electron chi connectivity index (χ4n) is 2.74. The summed E-state index contributed by atoms with van der Waals surface area (Å²) in [5.41, 5.74) is 5.11. The number of hydrogen-bond donors (Lipinski definition) is 1. The van der Waals surface area contributed by atoms with Crippen LogP contribution in [0.4, 0.5) is 0 Å². The van der Waals surface area contributed by atoms with Crippen LogP contribution in [-0.2, 0) is 6.54 Å². The van der Waals surface area contributed by atoms with E-state index in [9.17, 15) is 0 Å². The highest BCUT2D eigenvalue weighted by molar-refractivity contribution is 5.40. The monoisotopic (exact) mass is 280 g/mol. The first-order valence-corrected chi connectivity index (χ1v) is 7.57. The molecule has 0 fully saturated rings. The van der Waals surface area contributed by atoms with Crippen LogP contribution in [0.25, 0.3) is 5.69 Å². The molecule has 2 heteroatoms. The van der Waals surface area contributed by atoms with Crippen LogP contribution >= 0.6 is 0 Å². The van der Waals surface area contributed by atoms with Crippen molar-refractivity contribution >= 4 is 0 Å². The number of nitrogens with one attached hydrogen (secondary N) is 1. The average Bonchev–Trinajstić information content (AvgIpc) is 2.78. The minimum absolute atomic E-state index is 0.398. The fourth-order valence-corrected chi connectivity index (χ4v) is 2.74. The lowest BCUT2D eigenvalue weighted by atomic mass is 10.1. The van der Waals surface area contributed by atoms with Gasteiger partial charge in [-0.05, 0) is 44.0 Å². The molecule has 0 amide bonds. The molecule has 0 aliphatic rings. The molecule has 0 bridgehead atoms. The van der Waals surface area contributed by atoms with E-state index in [2.05, 4.69) is 66.9 Å². The van der Waals surface area contributed by atoms with Crippen LogP contribution in [0.2, 0.25) is 0 Å². The van der Waals surface area contributed by atoms with Gasteiger partial charge in [-0.3, -0.25) is 0 Å². The van der Waals surface area contributed by atoms with E-state index in [1.165, 1.54) is 22.6 Å². The van der Waals surface area contributed by atoms with E-state index in [0.29, 0.717) is 6.04 Å². The van der Waals surface area contributed by atoms with Crippen molar-refractivity contribution in [2.45, 2.75) is 46.2 Å². The summed E-state index contributed by atoms with van der Waals surface area (Å²) in [5, 5.41) is 3.56. The maximum absolute atomic E-state index is 5.41. The number of hydrogen-bond acceptors (Lipinski definition) is 1. The van der Waals surface area contributed by atoms with Gasteiger partial charge in [-0.25, -0.2) is 0 Å². The summed E-state index contributed by atoms with van der Waals surface area (Å²) in [4.78, 5) is 0. The van der Waals surface area contributed by atoms with E-state index in [1.807, 2.05) is 6.07 Å². The lowest BCUT2D eigenvalue weighted by molar-refractivity contribution is 0.506. The van der Waals surface area contributed by atoms with Crippen molar-refractivity contribution in [2.24, 2.45) is 0 Å². The highest BCUT2D eigenvalue weighted by Gasteiger charge is 2.11. The van der Waals surface area contributed by atoms with Crippen LogP contribution in [0.5, 0.6) is 0 Å². The van der Waals surface area contributed by atoms with Gasteiger partial charge >= 0.3 is 0 Å². The van der Waals surface area contributed by atoms with Crippen LogP contribution < -0.4 is 5.32 Å². The molecule has 1 aromatic heterocycles. The molecule has 2 aromatic rings. The predicted molar refractivity (Wildman–Crippen MR) is 89.6 cm³/mol. The second kappa shape index (κ2) is 7.15. The molecule has 2 nitrogen and oxygen atoms in total. The normalized spacial score (nSPS) is 12.1. The van der Waals surface area contributed by atoms with Crippen LogP contribution in [0.1, 0.15) is 36.7 Å². The van der Waals surface area contributed by atoms with Gasteiger partial charge in [0.1, 0.15) is 0 Å². The summed E-state index contributed by atoms with van der Waals surface area (Å²) in [6.07, 6.45) is 7.26. The lowest BCUT2D eigenvalue weighted by Crippen LogP contribution is -2.27. The Hall–Kier alpha value is -1.98. The summed E-state index contributed by atoms with van der Waals surface area (Å²) in [6, 6.07) is 13.1. The second-order valence-electron chi connectivity index (χ2n) is 5.46. The molecule has 110 valence electrons. The van der Waals surface area contributed by atoms with Gasteiger partial charge in [0.05, 0.1) is 0 Å². The molecule has 1 aromatic carbocycles. The summed E-state index contributed by atoms with van der Waals surface area (Å²) in [7, 11) is 0. The largest absolute Gasteiger partial charge is 0.318 e. The summed E-state index contributed by atoms with van der Waals surface area (Å²) < 4.78 is 2.30. The highest BCUT2D eigenvalue weighted by Crippen LogP contribution is 2.20. The van der Waals surface area contributed by atoms with Gasteiger partial charge in [0.25, 0.3) is 0 Å². The first-order chi connectivity index (χ1) is 10.2. The molecular weight excluding hydrogens is 256 g/mol. The Morgan fingerprint density at radius 2 is 1.95 bits per heavy atom. The number of benzene rings is 1. The van der Waals surface area contributed by atoms with Crippen LogP contribution in [-0.4, -0.2) is 10.6 Å². The van der Waals surface area contributed by atoms with E-state index in [1.54, 1.807) is 0 Å². The molecular formula is C19H24N2. The van der Waals surface area contributed by atoms with Crippen molar-refractivity contribution in [3.05, 3.63) is 53.3 Å². The van der Waals surface area contributed by atoms with Crippen LogP contribution in [0.3, 0.4) is 0 Å². The molecule has 1 N–H and O–H groups in total. The smallest absolute Gasteiger partial charge is 0.0455 e. The molecule has 21 heavy (non-hydrogen) atoms. The highest BCUT2D eigenvalue weighted by atomic mass is 15.0. The van der Waals surface area contributed by atoms with Crippen molar-refractivity contribution in [2.75, 3.05) is 0 Å². The maximum Gasteiger partial charge on any atom is 0.0455 e. The van der Waals surface area contributed by atoms with E-state index < -0.39 is 0 Å². The van der Waals surface area contributed by atoms with Crippen molar-refractivity contribution in [3.8, 4) is 18.0 Å². The topological polar surface area (TPSA) is 17.0 Å². The number of nitrogens with zero attached hydrogens (tertiary/aromatic N) is 1. The SMILES string of the molecule is C#CCC(CC)NCc1cc(C)n(-c2ccccc2)c1C. The van der Waals surface area contributed by atoms with Crippen molar-refractivity contribution in [1.29, 1.82) is 0 Å². The zero-order valence-electron chi connectivity index (χ0n) is 13.2. The van der Waals surface area contributed by atoms with Gasteiger partial charge in [-0.15, -0.1) is 12.3 Å². The van der Waals surface area contributed by atoms with Crippen LogP contribution in [0, 0.1) is 26.2 Å². The molecule has 1 heterocycles. The van der Waals surface area contributed by atoms with Crippen molar-refractivity contribution in [1.82, 2.24) is 9.88 Å². The molecule has 2 rings (SSSR count). The Kier molecular flexibility index (Phi) is 5.25. The fraction of sp³-hybridized carbons (Fsp3) is 0.368. The number of rotatable bonds is 6. The van der Waals surface area contributed by atoms with Gasteiger partial charge < -0.3 is 9.88 Å². The van der Waals surface area contributed by atoms with E-state index in [4.69, 9.17) is 6.42 Å². The Balaban J connectivity index is 2.18. The average molecular weight is 280 g/mol. The van der Waals surface area contributed by atoms with Gasteiger partial charge in [-0.2, -0.15) is 0 Å². The number of aromatic nitrogens is 1. The zero-order chi connectivity index (χ0) is 15.2. The molecule has 0 aliphatic heterocycles.